The molecule has 0 heterocycles. The molecule has 1 aromatic rings. The number of ether oxygens (including phenoxy) is 2. The molecule has 1 rings (SSSR count). The highest BCUT2D eigenvalue weighted by Crippen LogP contribution is 2.14. The minimum absolute atomic E-state index is 0.115. The molecule has 0 atom stereocenters. The molecule has 8 nitrogen and oxygen atoms in total. The largest absolute Gasteiger partial charge is 0.469 e. The van der Waals surface area contributed by atoms with Crippen LogP contribution in [0, 0.1) is 0 Å². The van der Waals surface area contributed by atoms with E-state index in [1.807, 2.05) is 0 Å². The predicted molar refractivity (Wildman–Crippen MR) is 124 cm³/mol. The first-order valence-corrected chi connectivity index (χ1v) is 13.0. The Labute approximate surface area is 191 Å². The van der Waals surface area contributed by atoms with E-state index in [0.717, 1.165) is 31.5 Å². The van der Waals surface area contributed by atoms with E-state index < -0.39 is 22.0 Å². The summed E-state index contributed by atoms with van der Waals surface area (Å²) in [5.41, 5.74) is 1.10. The Morgan fingerprint density at radius 1 is 0.844 bits per heavy atom. The summed E-state index contributed by atoms with van der Waals surface area (Å²) in [7, 11) is -2.91. The van der Waals surface area contributed by atoms with E-state index in [1.165, 1.54) is 58.5 Å². The highest BCUT2D eigenvalue weighted by Gasteiger charge is 2.12. The van der Waals surface area contributed by atoms with Gasteiger partial charge in [-0.2, -0.15) is 8.42 Å². The van der Waals surface area contributed by atoms with Crippen LogP contribution in [0.5, 0.6) is 0 Å². The standard InChI is InChI=1S/C23H37NO7S/c1-30-22(25)13-11-9-7-5-3-2-4-6-8-10-12-18-24-21-16-14-20(15-17-21)23(26)31-19-32(27,28)29/h14-17,24H,2-13,18-19H2,1H3,(H,27,28,29). The molecule has 32 heavy (non-hydrogen) atoms. The Bertz CT molecular complexity index is 763. The Morgan fingerprint density at radius 3 is 1.84 bits per heavy atom. The average molecular weight is 472 g/mol. The number of esters is 2. The summed E-state index contributed by atoms with van der Waals surface area (Å²) in [6.07, 6.45) is 13.5. The maximum absolute atomic E-state index is 11.7. The summed E-state index contributed by atoms with van der Waals surface area (Å²) in [6.45, 7) is 0.845. The van der Waals surface area contributed by atoms with Gasteiger partial charge >= 0.3 is 22.1 Å². The monoisotopic (exact) mass is 471 g/mol. The van der Waals surface area contributed by atoms with Crippen molar-refractivity contribution in [2.45, 2.75) is 77.0 Å². The number of methoxy groups -OCH3 is 1. The van der Waals surface area contributed by atoms with E-state index >= 15 is 0 Å². The van der Waals surface area contributed by atoms with Gasteiger partial charge in [0.15, 0.2) is 0 Å². The van der Waals surface area contributed by atoms with Gasteiger partial charge in [0.05, 0.1) is 12.7 Å². The zero-order chi connectivity index (χ0) is 23.7. The van der Waals surface area contributed by atoms with E-state index in [-0.39, 0.29) is 11.5 Å². The molecule has 0 aliphatic carbocycles. The zero-order valence-electron chi connectivity index (χ0n) is 19.0. The fraction of sp³-hybridized carbons (Fsp3) is 0.652. The SMILES string of the molecule is COC(=O)CCCCCCCCCCCCCNc1ccc(C(=O)OCS(=O)(=O)O)cc1. The Balaban J connectivity index is 1.97. The summed E-state index contributed by atoms with van der Waals surface area (Å²) in [6, 6.07) is 6.57. The molecule has 182 valence electrons. The van der Waals surface area contributed by atoms with Crippen molar-refractivity contribution in [2.75, 3.05) is 24.9 Å². The number of hydrogen-bond acceptors (Lipinski definition) is 7. The second-order valence-electron chi connectivity index (χ2n) is 7.85. The lowest BCUT2D eigenvalue weighted by molar-refractivity contribution is -0.140. The van der Waals surface area contributed by atoms with Crippen LogP contribution in [-0.4, -0.2) is 44.5 Å². The fourth-order valence-electron chi connectivity index (χ4n) is 3.26. The van der Waals surface area contributed by atoms with Crippen molar-refractivity contribution in [2.24, 2.45) is 0 Å². The van der Waals surface area contributed by atoms with E-state index in [1.54, 1.807) is 24.3 Å². The second kappa shape index (κ2) is 16.5. The van der Waals surface area contributed by atoms with Gasteiger partial charge in [0, 0.05) is 18.7 Å². The van der Waals surface area contributed by atoms with Crippen LogP contribution in [0.25, 0.3) is 0 Å². The topological polar surface area (TPSA) is 119 Å². The number of hydrogen-bond donors (Lipinski definition) is 2. The molecule has 0 bridgehead atoms. The molecule has 0 aliphatic heterocycles. The molecule has 0 aromatic heterocycles. The number of nitrogens with one attached hydrogen (secondary N) is 1. The number of anilines is 1. The van der Waals surface area contributed by atoms with Crippen molar-refractivity contribution >= 4 is 27.7 Å². The molecule has 1 aromatic carbocycles. The molecule has 0 fully saturated rings. The molecular weight excluding hydrogens is 434 g/mol. The highest BCUT2D eigenvalue weighted by molar-refractivity contribution is 7.85. The molecule has 0 spiro atoms. The Kier molecular flexibility index (Phi) is 14.4. The van der Waals surface area contributed by atoms with Gasteiger partial charge in [-0.25, -0.2) is 4.79 Å². The molecule has 0 saturated heterocycles. The average Bonchev–Trinajstić information content (AvgIpc) is 2.77. The number of rotatable bonds is 18. The summed E-state index contributed by atoms with van der Waals surface area (Å²) in [5, 5.41) is 3.30. The van der Waals surface area contributed by atoms with E-state index in [9.17, 15) is 18.0 Å². The van der Waals surface area contributed by atoms with Crippen LogP contribution in [-0.2, 0) is 24.4 Å². The summed E-state index contributed by atoms with van der Waals surface area (Å²) >= 11 is 0. The number of unbranched alkanes of at least 4 members (excludes halogenated alkanes) is 10. The summed E-state index contributed by atoms with van der Waals surface area (Å²) in [5.74, 6) is -1.96. The molecule has 9 heteroatoms. The molecule has 0 aliphatic rings. The van der Waals surface area contributed by atoms with Gasteiger partial charge < -0.3 is 14.8 Å². The molecule has 0 radical (unpaired) electrons. The van der Waals surface area contributed by atoms with Crippen molar-refractivity contribution in [3.63, 3.8) is 0 Å². The lowest BCUT2D eigenvalue weighted by Crippen LogP contribution is -2.13. The molecule has 0 amide bonds. The highest BCUT2D eigenvalue weighted by atomic mass is 32.2. The summed E-state index contributed by atoms with van der Waals surface area (Å²) in [4.78, 5) is 22.7. The van der Waals surface area contributed by atoms with Crippen LogP contribution in [0.1, 0.15) is 87.4 Å². The molecular formula is C23H37NO7S. The zero-order valence-corrected chi connectivity index (χ0v) is 19.8. The van der Waals surface area contributed by atoms with Gasteiger partial charge in [0.1, 0.15) is 0 Å². The first-order chi connectivity index (χ1) is 15.3. The van der Waals surface area contributed by atoms with Crippen LogP contribution in [0.4, 0.5) is 5.69 Å². The first kappa shape index (κ1) is 27.9. The van der Waals surface area contributed by atoms with Crippen molar-refractivity contribution < 1.29 is 32.0 Å². The van der Waals surface area contributed by atoms with Crippen LogP contribution in [0.3, 0.4) is 0 Å². The number of benzene rings is 1. The van der Waals surface area contributed by atoms with Crippen LogP contribution < -0.4 is 5.32 Å². The van der Waals surface area contributed by atoms with Crippen LogP contribution >= 0.6 is 0 Å². The van der Waals surface area contributed by atoms with E-state index in [2.05, 4.69) is 14.8 Å². The smallest absolute Gasteiger partial charge is 0.339 e. The Hall–Kier alpha value is -2.13. The lowest BCUT2D eigenvalue weighted by Gasteiger charge is -2.08. The van der Waals surface area contributed by atoms with Crippen molar-refractivity contribution in [1.82, 2.24) is 0 Å². The number of carbonyl (C=O) groups is 2. The minimum atomic E-state index is -4.34. The predicted octanol–water partition coefficient (Wildman–Crippen LogP) is 4.95. The van der Waals surface area contributed by atoms with Crippen LogP contribution in [0.15, 0.2) is 24.3 Å². The normalized spacial score (nSPS) is 11.2. The van der Waals surface area contributed by atoms with Crippen molar-refractivity contribution in [3.05, 3.63) is 29.8 Å². The number of carbonyl (C=O) groups excluding carboxylic acids is 2. The summed E-state index contributed by atoms with van der Waals surface area (Å²) < 4.78 is 39.0. The molecule has 0 saturated carbocycles. The fourth-order valence-corrected chi connectivity index (χ4v) is 3.51. The quantitative estimate of drug-likeness (QED) is 0.175. The maximum Gasteiger partial charge on any atom is 0.339 e. The van der Waals surface area contributed by atoms with E-state index in [4.69, 9.17) is 4.55 Å². The van der Waals surface area contributed by atoms with Gasteiger partial charge in [-0.1, -0.05) is 57.8 Å². The van der Waals surface area contributed by atoms with Gasteiger partial charge in [-0.3, -0.25) is 9.35 Å². The van der Waals surface area contributed by atoms with Crippen molar-refractivity contribution in [1.29, 1.82) is 0 Å². The van der Waals surface area contributed by atoms with Gasteiger partial charge in [-0.15, -0.1) is 0 Å². The van der Waals surface area contributed by atoms with Gasteiger partial charge in [0.2, 0.25) is 5.94 Å². The third-order valence-corrected chi connectivity index (χ3v) is 5.49. The lowest BCUT2D eigenvalue weighted by atomic mass is 10.1. The second-order valence-corrected chi connectivity index (χ2v) is 9.25. The molecule has 2 N–H and O–H groups in total. The van der Waals surface area contributed by atoms with Gasteiger partial charge in [-0.05, 0) is 37.1 Å². The minimum Gasteiger partial charge on any atom is -0.469 e. The maximum atomic E-state index is 11.7. The first-order valence-electron chi connectivity index (χ1n) is 11.3. The Morgan fingerprint density at radius 2 is 1.34 bits per heavy atom. The van der Waals surface area contributed by atoms with Gasteiger partial charge in [0.25, 0.3) is 0 Å². The molecule has 0 unspecified atom stereocenters. The third-order valence-electron chi connectivity index (χ3n) is 5.07. The third kappa shape index (κ3) is 14.8. The van der Waals surface area contributed by atoms with E-state index in [0.29, 0.717) is 6.42 Å². The van der Waals surface area contributed by atoms with Crippen molar-refractivity contribution in [3.8, 4) is 0 Å². The van der Waals surface area contributed by atoms with Crippen LogP contribution in [0.2, 0.25) is 0 Å².